The van der Waals surface area contributed by atoms with Crippen LogP contribution >= 0.6 is 12.9 Å². The lowest BCUT2D eigenvalue weighted by atomic mass is 9.90. The van der Waals surface area contributed by atoms with Crippen molar-refractivity contribution in [3.05, 3.63) is 0 Å². The molecule has 0 amide bonds. The van der Waals surface area contributed by atoms with Crippen LogP contribution in [0.5, 0.6) is 0 Å². The summed E-state index contributed by atoms with van der Waals surface area (Å²) in [5.41, 5.74) is -1.21. The molecule has 1 saturated heterocycles. The van der Waals surface area contributed by atoms with E-state index in [1.54, 1.807) is 6.92 Å². The van der Waals surface area contributed by atoms with Gasteiger partial charge in [0.2, 0.25) is 0 Å². The Balaban J connectivity index is 2.97. The van der Waals surface area contributed by atoms with Crippen molar-refractivity contribution in [2.75, 3.05) is 0 Å². The monoisotopic (exact) mass is 190 g/mol. The molecule has 0 aromatic carbocycles. The molecular weight excluding hydrogens is 180 g/mol. The fraction of sp³-hybridized carbons (Fsp3) is 0.714. The Morgan fingerprint density at radius 1 is 1.67 bits per heavy atom. The Kier molecular flexibility index (Phi) is 2.44. The topological polar surface area (TPSA) is 52.6 Å². The molecule has 12 heavy (non-hydrogen) atoms. The molecule has 1 aliphatic rings. The van der Waals surface area contributed by atoms with Crippen LogP contribution in [0.4, 0.5) is 0 Å². The summed E-state index contributed by atoms with van der Waals surface area (Å²) < 4.78 is 9.10. The van der Waals surface area contributed by atoms with E-state index in [2.05, 4.69) is 21.8 Å². The van der Waals surface area contributed by atoms with Crippen LogP contribution in [0, 0.1) is 5.92 Å². The van der Waals surface area contributed by atoms with Crippen LogP contribution in [-0.2, 0) is 18.5 Å². The van der Waals surface area contributed by atoms with Crippen molar-refractivity contribution in [1.82, 2.24) is 0 Å². The van der Waals surface area contributed by atoms with Crippen LogP contribution in [-0.4, -0.2) is 17.5 Å². The van der Waals surface area contributed by atoms with Gasteiger partial charge >= 0.3 is 11.9 Å². The lowest BCUT2D eigenvalue weighted by molar-refractivity contribution is -0.156. The van der Waals surface area contributed by atoms with Gasteiger partial charge in [0.05, 0.1) is 5.92 Å². The van der Waals surface area contributed by atoms with Gasteiger partial charge in [0.1, 0.15) is 0 Å². The lowest BCUT2D eigenvalue weighted by Gasteiger charge is -2.20. The fourth-order valence-corrected chi connectivity index (χ4v) is 1.49. The lowest BCUT2D eigenvalue weighted by Crippen LogP contribution is -2.38. The summed E-state index contributed by atoms with van der Waals surface area (Å²) in [6.45, 7) is 3.29. The molecule has 1 rings (SSSR count). The standard InChI is InChI=1S/C7H10O4S/c1-3-4-5(8)10-6(9)7(4,2)11-12/h4,12H,3H2,1-2H3. The molecule has 4 nitrogen and oxygen atoms in total. The molecule has 1 aliphatic heterocycles. The van der Waals surface area contributed by atoms with Crippen LogP contribution in [0.2, 0.25) is 0 Å². The van der Waals surface area contributed by atoms with E-state index in [-0.39, 0.29) is 0 Å². The highest BCUT2D eigenvalue weighted by Gasteiger charge is 2.54. The summed E-state index contributed by atoms with van der Waals surface area (Å²) in [6.07, 6.45) is 0.502. The smallest absolute Gasteiger partial charge is 0.348 e. The fourth-order valence-electron chi connectivity index (χ4n) is 1.29. The van der Waals surface area contributed by atoms with Crippen molar-refractivity contribution in [2.45, 2.75) is 25.9 Å². The Labute approximate surface area is 75.8 Å². The van der Waals surface area contributed by atoms with Crippen molar-refractivity contribution in [3.8, 4) is 0 Å². The summed E-state index contributed by atoms with van der Waals surface area (Å²) >= 11 is 3.56. The van der Waals surface area contributed by atoms with Gasteiger partial charge in [0.25, 0.3) is 0 Å². The second kappa shape index (κ2) is 3.06. The van der Waals surface area contributed by atoms with Crippen molar-refractivity contribution >= 4 is 24.8 Å². The number of hydrogen-bond acceptors (Lipinski definition) is 5. The Morgan fingerprint density at radius 2 is 2.25 bits per heavy atom. The van der Waals surface area contributed by atoms with E-state index in [1.807, 2.05) is 0 Å². The van der Waals surface area contributed by atoms with Gasteiger partial charge in [-0.25, -0.2) is 4.79 Å². The first-order valence-corrected chi connectivity index (χ1v) is 4.01. The first-order valence-electron chi connectivity index (χ1n) is 3.65. The molecule has 0 aromatic rings. The predicted octanol–water partition coefficient (Wildman–Crippen LogP) is 0.716. The van der Waals surface area contributed by atoms with E-state index in [0.29, 0.717) is 6.42 Å². The maximum Gasteiger partial charge on any atom is 0.348 e. The summed E-state index contributed by atoms with van der Waals surface area (Å²) in [5.74, 6) is -1.73. The van der Waals surface area contributed by atoms with Crippen LogP contribution < -0.4 is 0 Å². The van der Waals surface area contributed by atoms with Gasteiger partial charge < -0.3 is 4.74 Å². The number of hydrogen-bond donors (Lipinski definition) is 1. The molecule has 1 heterocycles. The SMILES string of the molecule is CCC1C(=O)OC(=O)C1(C)OS. The molecule has 5 heteroatoms. The number of rotatable bonds is 2. The molecule has 0 radical (unpaired) electrons. The largest absolute Gasteiger partial charge is 0.391 e. The van der Waals surface area contributed by atoms with Gasteiger partial charge in [-0.05, 0) is 26.3 Å². The number of thiol groups is 1. The highest BCUT2D eigenvalue weighted by atomic mass is 32.1. The summed E-state index contributed by atoms with van der Waals surface area (Å²) in [7, 11) is 0. The normalized spacial score (nSPS) is 35.4. The van der Waals surface area contributed by atoms with E-state index < -0.39 is 23.5 Å². The average Bonchev–Trinajstić information content (AvgIpc) is 2.24. The van der Waals surface area contributed by atoms with Crippen LogP contribution in [0.25, 0.3) is 0 Å². The van der Waals surface area contributed by atoms with Gasteiger partial charge in [-0.15, -0.1) is 0 Å². The van der Waals surface area contributed by atoms with E-state index in [1.165, 1.54) is 6.92 Å². The summed E-state index contributed by atoms with van der Waals surface area (Å²) in [5, 5.41) is 0. The highest BCUT2D eigenvalue weighted by Crippen LogP contribution is 2.34. The van der Waals surface area contributed by atoms with Gasteiger partial charge in [-0.2, -0.15) is 0 Å². The summed E-state index contributed by atoms with van der Waals surface area (Å²) in [6, 6.07) is 0. The van der Waals surface area contributed by atoms with Gasteiger partial charge in [-0.1, -0.05) is 6.92 Å². The molecule has 0 aliphatic carbocycles. The third-order valence-electron chi connectivity index (χ3n) is 2.15. The van der Waals surface area contributed by atoms with Gasteiger partial charge in [-0.3, -0.25) is 8.98 Å². The zero-order valence-electron chi connectivity index (χ0n) is 6.86. The second-order valence-corrected chi connectivity index (χ2v) is 3.05. The molecule has 1 fully saturated rings. The molecular formula is C7H10O4S. The van der Waals surface area contributed by atoms with Crippen molar-refractivity contribution in [3.63, 3.8) is 0 Å². The third kappa shape index (κ3) is 1.13. The minimum absolute atomic E-state index is 0.502. The maximum absolute atomic E-state index is 11.1. The first-order chi connectivity index (χ1) is 5.56. The van der Waals surface area contributed by atoms with E-state index >= 15 is 0 Å². The number of esters is 2. The molecule has 2 unspecified atom stereocenters. The van der Waals surface area contributed by atoms with Crippen molar-refractivity contribution in [1.29, 1.82) is 0 Å². The molecule has 0 N–H and O–H groups in total. The Hall–Kier alpha value is -0.550. The first kappa shape index (κ1) is 9.54. The van der Waals surface area contributed by atoms with Crippen LogP contribution in [0.1, 0.15) is 20.3 Å². The quantitative estimate of drug-likeness (QED) is 0.301. The minimum Gasteiger partial charge on any atom is -0.391 e. The molecule has 0 saturated carbocycles. The van der Waals surface area contributed by atoms with Crippen molar-refractivity contribution < 1.29 is 18.5 Å². The zero-order valence-corrected chi connectivity index (χ0v) is 7.76. The average molecular weight is 190 g/mol. The minimum atomic E-state index is -1.21. The third-order valence-corrected chi connectivity index (χ3v) is 2.53. The summed E-state index contributed by atoms with van der Waals surface area (Å²) in [4.78, 5) is 22.1. The Bertz CT molecular complexity index is 227. The molecule has 0 spiro atoms. The number of ether oxygens (including phenoxy) is 1. The predicted molar refractivity (Wildman–Crippen MR) is 43.4 cm³/mol. The van der Waals surface area contributed by atoms with Crippen LogP contribution in [0.15, 0.2) is 0 Å². The number of cyclic esters (lactones) is 2. The maximum atomic E-state index is 11.1. The van der Waals surface area contributed by atoms with E-state index in [9.17, 15) is 9.59 Å². The molecule has 68 valence electrons. The van der Waals surface area contributed by atoms with Crippen molar-refractivity contribution in [2.24, 2.45) is 5.92 Å². The highest BCUT2D eigenvalue weighted by molar-refractivity contribution is 7.75. The molecule has 2 atom stereocenters. The number of carbonyl (C=O) groups is 2. The second-order valence-electron chi connectivity index (χ2n) is 2.87. The Morgan fingerprint density at radius 3 is 2.58 bits per heavy atom. The van der Waals surface area contributed by atoms with E-state index in [4.69, 9.17) is 0 Å². The van der Waals surface area contributed by atoms with Gasteiger partial charge in [0, 0.05) is 0 Å². The number of carbonyl (C=O) groups excluding carboxylic acids is 2. The van der Waals surface area contributed by atoms with E-state index in [0.717, 1.165) is 0 Å². The zero-order chi connectivity index (χ0) is 9.35. The van der Waals surface area contributed by atoms with Crippen LogP contribution in [0.3, 0.4) is 0 Å². The molecule has 0 aromatic heterocycles. The molecule has 0 bridgehead atoms. The van der Waals surface area contributed by atoms with Gasteiger partial charge in [0.15, 0.2) is 5.60 Å².